The van der Waals surface area contributed by atoms with Crippen molar-refractivity contribution in [2.75, 3.05) is 6.61 Å². The van der Waals surface area contributed by atoms with Gasteiger partial charge in [-0.05, 0) is 136 Å². The maximum atomic E-state index is 11.7. The Hall–Kier alpha value is -4.32. The van der Waals surface area contributed by atoms with Gasteiger partial charge >= 0.3 is 0 Å². The minimum Gasteiger partial charge on any atom is -0.494 e. The average Bonchev–Trinajstić information content (AvgIpc) is 3.64. The highest BCUT2D eigenvalue weighted by atomic mass is 16.5. The van der Waals surface area contributed by atoms with Crippen molar-refractivity contribution >= 4 is 17.8 Å². The minimum absolute atomic E-state index is 0.0355. The lowest BCUT2D eigenvalue weighted by atomic mass is 9.72. The van der Waals surface area contributed by atoms with Crippen LogP contribution in [0.3, 0.4) is 0 Å². The van der Waals surface area contributed by atoms with Gasteiger partial charge in [0.15, 0.2) is 0 Å². The topological polar surface area (TPSA) is 96.3 Å². The van der Waals surface area contributed by atoms with Crippen molar-refractivity contribution < 1.29 is 9.53 Å². The van der Waals surface area contributed by atoms with Crippen LogP contribution in [0.2, 0.25) is 0 Å². The summed E-state index contributed by atoms with van der Waals surface area (Å²) in [5.41, 5.74) is 21.2. The summed E-state index contributed by atoms with van der Waals surface area (Å²) in [6.07, 6.45) is 11.9. The van der Waals surface area contributed by atoms with Gasteiger partial charge in [0.25, 0.3) is 0 Å². The van der Waals surface area contributed by atoms with Gasteiger partial charge in [0.1, 0.15) is 5.75 Å². The lowest BCUT2D eigenvalue weighted by molar-refractivity contribution is 0.100. The van der Waals surface area contributed by atoms with Crippen LogP contribution in [0.15, 0.2) is 59.1 Å². The predicted molar refractivity (Wildman–Crippen MR) is 199 cm³/mol. The Morgan fingerprint density at radius 1 is 0.979 bits per heavy atom. The fraction of sp³-hybridized carbons (Fsp3) is 0.429. The second-order valence-electron chi connectivity index (χ2n) is 14.3. The van der Waals surface area contributed by atoms with E-state index >= 15 is 0 Å². The van der Waals surface area contributed by atoms with E-state index in [1.165, 1.54) is 63.3 Å². The molecule has 48 heavy (non-hydrogen) atoms. The average molecular weight is 645 g/mol. The van der Waals surface area contributed by atoms with Crippen molar-refractivity contribution in [3.05, 3.63) is 93.4 Å². The maximum absolute atomic E-state index is 11.7. The van der Waals surface area contributed by atoms with E-state index in [1.54, 1.807) is 12.1 Å². The molecule has 4 N–H and O–H groups in total. The van der Waals surface area contributed by atoms with Gasteiger partial charge in [-0.1, -0.05) is 45.4 Å². The number of nitrogens with two attached hydrogens (primary N) is 1. The molecule has 6 rings (SSSR count). The zero-order chi connectivity index (χ0) is 34.0. The highest BCUT2D eigenvalue weighted by Crippen LogP contribution is 2.45. The van der Waals surface area contributed by atoms with E-state index in [9.17, 15) is 4.79 Å². The number of allylic oxidation sites excluding steroid dienone is 1. The molecule has 1 amide bonds. The molecule has 2 atom stereocenters. The second-order valence-corrected chi connectivity index (χ2v) is 14.3. The summed E-state index contributed by atoms with van der Waals surface area (Å²) in [5, 5.41) is 0. The first-order chi connectivity index (χ1) is 23.1. The summed E-state index contributed by atoms with van der Waals surface area (Å²) < 4.78 is 5.86. The first-order valence-corrected chi connectivity index (χ1v) is 18.0. The predicted octanol–water partition coefficient (Wildman–Crippen LogP) is 10.0. The standard InChI is InChI=1S/C42H52N4O2/c1-7-33-38(32-17-19-37(48-8-2)27(4)23-32)28(5)45-40(33)42(6)21-10-9-11-30(20-22-42)39-34-24-36(29-13-15-31(16-14-29)41(43)47)46-35(34)18-12-26(3)25-44-39/h13-17,19,23-26,45-46H,7-12,18,20-22H2,1-6H3,(H2,43,47)/b39-30-,44-25?. The quantitative estimate of drug-likeness (QED) is 0.187. The number of fused-ring (bicyclic) bond motifs is 1. The number of rotatable bonds is 7. The summed E-state index contributed by atoms with van der Waals surface area (Å²) in [5.74, 6) is 0.966. The molecule has 2 unspecified atom stereocenters. The van der Waals surface area contributed by atoms with E-state index in [2.05, 4.69) is 75.1 Å². The molecule has 3 heterocycles. The van der Waals surface area contributed by atoms with Gasteiger partial charge in [-0.3, -0.25) is 9.79 Å². The SMILES string of the molecule is CCOc1ccc(-c2c(C)[nH]c(C3(C)CCCC/C(=C4/N=CC(C)CCc5[nH]c(-c6ccc(C(N)=O)cc6)cc54)CC3)c2CC)cc1C. The van der Waals surface area contributed by atoms with E-state index in [1.807, 2.05) is 19.1 Å². The minimum atomic E-state index is -0.407. The molecular formula is C42H52N4O2. The van der Waals surface area contributed by atoms with Gasteiger partial charge in [0, 0.05) is 51.1 Å². The molecule has 2 aromatic heterocycles. The number of hydrogen-bond donors (Lipinski definition) is 3. The Morgan fingerprint density at radius 2 is 1.75 bits per heavy atom. The zero-order valence-corrected chi connectivity index (χ0v) is 29.7. The van der Waals surface area contributed by atoms with Crippen molar-refractivity contribution in [1.29, 1.82) is 0 Å². The number of H-pyrrole nitrogens is 2. The van der Waals surface area contributed by atoms with Crippen LogP contribution in [-0.4, -0.2) is 28.7 Å². The molecule has 1 saturated carbocycles. The van der Waals surface area contributed by atoms with Crippen LogP contribution >= 0.6 is 0 Å². The second kappa shape index (κ2) is 14.0. The third-order valence-electron chi connectivity index (χ3n) is 10.7. The number of primary amides is 1. The molecule has 0 saturated heterocycles. The lowest BCUT2D eigenvalue weighted by Gasteiger charge is -2.33. The summed E-state index contributed by atoms with van der Waals surface area (Å²) >= 11 is 0. The van der Waals surface area contributed by atoms with Gasteiger partial charge in [0.2, 0.25) is 5.91 Å². The number of amides is 1. The number of nitrogens with one attached hydrogen (secondary N) is 2. The van der Waals surface area contributed by atoms with E-state index < -0.39 is 5.91 Å². The number of aryl methyl sites for hydroxylation is 3. The Balaban J connectivity index is 1.36. The molecule has 0 bridgehead atoms. The number of aromatic nitrogens is 2. The van der Waals surface area contributed by atoms with Crippen LogP contribution in [0.1, 0.15) is 117 Å². The highest BCUT2D eigenvalue weighted by Gasteiger charge is 2.34. The molecular weight excluding hydrogens is 592 g/mol. The van der Waals surface area contributed by atoms with E-state index in [0.717, 1.165) is 67.6 Å². The number of carbonyl (C=O) groups excluding carboxylic acids is 1. The lowest BCUT2D eigenvalue weighted by Crippen LogP contribution is -2.25. The normalized spacial score (nSPS) is 21.6. The van der Waals surface area contributed by atoms with Crippen LogP contribution in [0.5, 0.6) is 5.75 Å². The Kier molecular flexibility index (Phi) is 9.82. The van der Waals surface area contributed by atoms with Gasteiger partial charge in [-0.2, -0.15) is 0 Å². The Labute approximate surface area is 286 Å². The summed E-state index contributed by atoms with van der Waals surface area (Å²) in [6.45, 7) is 14.1. The molecule has 6 nitrogen and oxygen atoms in total. The van der Waals surface area contributed by atoms with Crippen molar-refractivity contribution in [2.24, 2.45) is 16.6 Å². The third-order valence-corrected chi connectivity index (χ3v) is 10.7. The Bertz CT molecular complexity index is 1850. The summed E-state index contributed by atoms with van der Waals surface area (Å²) in [4.78, 5) is 24.6. The third kappa shape index (κ3) is 6.67. The number of carbonyl (C=O) groups is 1. The molecule has 4 aromatic rings. The number of aliphatic imine (C=N–C) groups is 1. The van der Waals surface area contributed by atoms with Crippen molar-refractivity contribution in [1.82, 2.24) is 9.97 Å². The van der Waals surface area contributed by atoms with E-state index in [0.29, 0.717) is 18.1 Å². The fourth-order valence-electron chi connectivity index (χ4n) is 7.95. The van der Waals surface area contributed by atoms with Crippen molar-refractivity contribution in [2.45, 2.75) is 105 Å². The summed E-state index contributed by atoms with van der Waals surface area (Å²) in [7, 11) is 0. The van der Waals surface area contributed by atoms with Crippen molar-refractivity contribution in [3.63, 3.8) is 0 Å². The van der Waals surface area contributed by atoms with Gasteiger partial charge in [-0.15, -0.1) is 0 Å². The van der Waals surface area contributed by atoms with Crippen LogP contribution in [0.25, 0.3) is 28.1 Å². The number of aromatic amines is 2. The number of nitrogens with zero attached hydrogens (tertiary/aromatic N) is 1. The van der Waals surface area contributed by atoms with Gasteiger partial charge < -0.3 is 20.4 Å². The van der Waals surface area contributed by atoms with E-state index in [4.69, 9.17) is 15.5 Å². The molecule has 0 radical (unpaired) electrons. The Morgan fingerprint density at radius 3 is 2.46 bits per heavy atom. The van der Waals surface area contributed by atoms with Crippen LogP contribution in [0, 0.1) is 19.8 Å². The van der Waals surface area contributed by atoms with Crippen LogP contribution in [-0.2, 0) is 18.3 Å². The number of benzene rings is 2. The van der Waals surface area contributed by atoms with Gasteiger partial charge in [-0.25, -0.2) is 0 Å². The molecule has 1 aliphatic heterocycles. The maximum Gasteiger partial charge on any atom is 0.248 e. The largest absolute Gasteiger partial charge is 0.494 e. The summed E-state index contributed by atoms with van der Waals surface area (Å²) in [6, 6.07) is 16.5. The molecule has 1 aliphatic carbocycles. The number of ether oxygens (including phenoxy) is 1. The van der Waals surface area contributed by atoms with Crippen LogP contribution in [0.4, 0.5) is 0 Å². The molecule has 0 spiro atoms. The van der Waals surface area contributed by atoms with Gasteiger partial charge in [0.05, 0.1) is 12.3 Å². The molecule has 252 valence electrons. The smallest absolute Gasteiger partial charge is 0.248 e. The molecule has 2 aliphatic rings. The van der Waals surface area contributed by atoms with Crippen molar-refractivity contribution in [3.8, 4) is 28.1 Å². The molecule has 2 aromatic carbocycles. The monoisotopic (exact) mass is 644 g/mol. The van der Waals surface area contributed by atoms with Crippen LogP contribution < -0.4 is 10.5 Å². The first-order valence-electron chi connectivity index (χ1n) is 18.0. The van der Waals surface area contributed by atoms with E-state index in [-0.39, 0.29) is 5.41 Å². The fourth-order valence-corrected chi connectivity index (χ4v) is 7.95. The number of hydrogen-bond acceptors (Lipinski definition) is 3. The first kappa shape index (κ1) is 33.6. The highest BCUT2D eigenvalue weighted by molar-refractivity contribution is 5.93. The molecule has 6 heteroatoms. The molecule has 1 fully saturated rings. The zero-order valence-electron chi connectivity index (χ0n) is 29.7.